The van der Waals surface area contributed by atoms with Crippen LogP contribution in [0.3, 0.4) is 0 Å². The summed E-state index contributed by atoms with van der Waals surface area (Å²) in [6, 6.07) is 5.65. The number of amides is 1. The van der Waals surface area contributed by atoms with Crippen molar-refractivity contribution in [3.8, 4) is 0 Å². The van der Waals surface area contributed by atoms with Crippen molar-refractivity contribution < 1.29 is 9.18 Å². The number of anilines is 1. The average molecular weight is 348 g/mol. The van der Waals surface area contributed by atoms with E-state index >= 15 is 0 Å². The number of carbonyl (C=O) groups excluding carboxylic acids is 1. The van der Waals surface area contributed by atoms with Gasteiger partial charge in [-0.05, 0) is 74.0 Å². The number of fused-ring (bicyclic) bond motifs is 2. The van der Waals surface area contributed by atoms with Crippen molar-refractivity contribution in [1.82, 2.24) is 4.90 Å². The molecule has 3 heterocycles. The number of halogens is 1. The molecule has 3 aliphatic rings. The van der Waals surface area contributed by atoms with E-state index in [2.05, 4.69) is 16.7 Å². The second-order valence-corrected chi connectivity index (χ2v) is 8.65. The molecule has 4 rings (SSSR count). The third-order valence-electron chi connectivity index (χ3n) is 6.12. The van der Waals surface area contributed by atoms with Crippen LogP contribution in [0.4, 0.5) is 10.1 Å². The summed E-state index contributed by atoms with van der Waals surface area (Å²) in [5.74, 6) is 2.42. The Bertz CT molecular complexity index is 636. The fraction of sp³-hybridized carbons (Fsp3) is 0.632. The smallest absolute Gasteiger partial charge is 0.223 e. The molecule has 0 bridgehead atoms. The summed E-state index contributed by atoms with van der Waals surface area (Å²) in [5.41, 5.74) is 1.92. The first-order valence-electron chi connectivity index (χ1n) is 8.99. The fourth-order valence-electron chi connectivity index (χ4n) is 4.72. The molecular weight excluding hydrogens is 323 g/mol. The van der Waals surface area contributed by atoms with Crippen molar-refractivity contribution in [2.24, 2.45) is 0 Å². The largest absolute Gasteiger partial charge is 0.311 e. The maximum Gasteiger partial charge on any atom is 0.223 e. The van der Waals surface area contributed by atoms with E-state index in [4.69, 9.17) is 0 Å². The number of carbonyl (C=O) groups is 1. The number of hydrogen-bond donors (Lipinski definition) is 0. The lowest BCUT2D eigenvalue weighted by Crippen LogP contribution is -2.49. The van der Waals surface area contributed by atoms with Crippen molar-refractivity contribution in [2.75, 3.05) is 36.0 Å². The number of thioether (sulfide) groups is 1. The number of hydrogen-bond acceptors (Lipinski definition) is 3. The van der Waals surface area contributed by atoms with Crippen molar-refractivity contribution in [1.29, 1.82) is 0 Å². The molecule has 24 heavy (non-hydrogen) atoms. The Morgan fingerprint density at radius 3 is 2.62 bits per heavy atom. The fourth-order valence-corrected chi connectivity index (χ4v) is 5.80. The topological polar surface area (TPSA) is 23.6 Å². The maximum absolute atomic E-state index is 13.9. The van der Waals surface area contributed by atoms with Gasteiger partial charge in [-0.25, -0.2) is 4.39 Å². The monoisotopic (exact) mass is 348 g/mol. The molecule has 1 spiro atoms. The van der Waals surface area contributed by atoms with Gasteiger partial charge in [0.25, 0.3) is 0 Å². The highest BCUT2D eigenvalue weighted by Crippen LogP contribution is 2.47. The highest BCUT2D eigenvalue weighted by molar-refractivity contribution is 7.99. The quantitative estimate of drug-likeness (QED) is 0.777. The third kappa shape index (κ3) is 2.76. The van der Waals surface area contributed by atoms with Gasteiger partial charge in [0.1, 0.15) is 5.82 Å². The first-order chi connectivity index (χ1) is 11.6. The SMILES string of the molecule is CC(=O)N1CC2(CCN(C3CCSCC3)CC2)c2cc(F)ccc21. The van der Waals surface area contributed by atoms with Gasteiger partial charge in [0.15, 0.2) is 0 Å². The Labute approximate surface area is 147 Å². The maximum atomic E-state index is 13.9. The Morgan fingerprint density at radius 1 is 1.25 bits per heavy atom. The molecule has 0 radical (unpaired) electrons. The minimum absolute atomic E-state index is 0.0526. The van der Waals surface area contributed by atoms with Gasteiger partial charge in [0, 0.05) is 30.6 Å². The van der Waals surface area contributed by atoms with Gasteiger partial charge < -0.3 is 9.80 Å². The molecule has 3 aliphatic heterocycles. The van der Waals surface area contributed by atoms with Crippen LogP contribution < -0.4 is 4.90 Å². The first-order valence-corrected chi connectivity index (χ1v) is 10.1. The van der Waals surface area contributed by atoms with Crippen LogP contribution in [-0.4, -0.2) is 48.0 Å². The average Bonchev–Trinajstić information content (AvgIpc) is 2.91. The van der Waals surface area contributed by atoms with E-state index in [1.54, 1.807) is 19.1 Å². The molecule has 0 atom stereocenters. The molecule has 0 saturated carbocycles. The van der Waals surface area contributed by atoms with Crippen LogP contribution in [0.5, 0.6) is 0 Å². The van der Waals surface area contributed by atoms with Gasteiger partial charge >= 0.3 is 0 Å². The van der Waals surface area contributed by atoms with Gasteiger partial charge in [-0.15, -0.1) is 0 Å². The lowest BCUT2D eigenvalue weighted by atomic mass is 9.74. The third-order valence-corrected chi connectivity index (χ3v) is 7.17. The van der Waals surface area contributed by atoms with Crippen LogP contribution in [0.15, 0.2) is 18.2 Å². The number of likely N-dealkylation sites (tertiary alicyclic amines) is 1. The van der Waals surface area contributed by atoms with E-state index < -0.39 is 0 Å². The Hall–Kier alpha value is -1.07. The Balaban J connectivity index is 1.56. The second-order valence-electron chi connectivity index (χ2n) is 7.43. The minimum Gasteiger partial charge on any atom is -0.311 e. The van der Waals surface area contributed by atoms with Gasteiger partial charge in [0.05, 0.1) is 0 Å². The van der Waals surface area contributed by atoms with Crippen LogP contribution in [0, 0.1) is 5.82 Å². The molecule has 1 aromatic rings. The van der Waals surface area contributed by atoms with Crippen molar-refractivity contribution in [3.63, 3.8) is 0 Å². The molecule has 2 saturated heterocycles. The summed E-state index contributed by atoms with van der Waals surface area (Å²) in [5, 5.41) is 0. The number of benzene rings is 1. The van der Waals surface area contributed by atoms with E-state index in [1.807, 2.05) is 4.90 Å². The van der Waals surface area contributed by atoms with Gasteiger partial charge in [-0.1, -0.05) is 0 Å². The predicted molar refractivity (Wildman–Crippen MR) is 97.3 cm³/mol. The molecule has 1 amide bonds. The molecule has 130 valence electrons. The van der Waals surface area contributed by atoms with Gasteiger partial charge in [-0.2, -0.15) is 11.8 Å². The normalized spacial score (nSPS) is 24.3. The molecular formula is C19H25FN2OS. The zero-order valence-corrected chi connectivity index (χ0v) is 15.1. The molecule has 5 heteroatoms. The molecule has 1 aromatic carbocycles. The van der Waals surface area contributed by atoms with Crippen LogP contribution in [0.2, 0.25) is 0 Å². The van der Waals surface area contributed by atoms with E-state index in [0.29, 0.717) is 0 Å². The van der Waals surface area contributed by atoms with Crippen molar-refractivity contribution in [3.05, 3.63) is 29.6 Å². The minimum atomic E-state index is -0.190. The molecule has 0 N–H and O–H groups in total. The van der Waals surface area contributed by atoms with E-state index in [-0.39, 0.29) is 17.1 Å². The summed E-state index contributed by atoms with van der Waals surface area (Å²) in [6.07, 6.45) is 4.64. The van der Waals surface area contributed by atoms with Gasteiger partial charge in [-0.3, -0.25) is 4.79 Å². The number of piperidine rings is 1. The lowest BCUT2D eigenvalue weighted by molar-refractivity contribution is -0.116. The molecule has 0 unspecified atom stereocenters. The molecule has 0 aliphatic carbocycles. The molecule has 2 fully saturated rings. The highest BCUT2D eigenvalue weighted by atomic mass is 32.2. The summed E-state index contributed by atoms with van der Waals surface area (Å²) >= 11 is 2.06. The van der Waals surface area contributed by atoms with E-state index in [1.165, 1.54) is 30.4 Å². The summed E-state index contributed by atoms with van der Waals surface area (Å²) in [6.45, 7) is 4.46. The summed E-state index contributed by atoms with van der Waals surface area (Å²) in [7, 11) is 0. The highest BCUT2D eigenvalue weighted by Gasteiger charge is 2.46. The Morgan fingerprint density at radius 2 is 1.96 bits per heavy atom. The first kappa shape index (κ1) is 16.4. The van der Waals surface area contributed by atoms with Crippen LogP contribution in [0.25, 0.3) is 0 Å². The molecule has 0 aromatic heterocycles. The van der Waals surface area contributed by atoms with E-state index in [9.17, 15) is 9.18 Å². The zero-order valence-electron chi connectivity index (χ0n) is 14.3. The number of nitrogens with zero attached hydrogens (tertiary/aromatic N) is 2. The standard InChI is InChI=1S/C19H25FN2OS/c1-14(23)22-13-19(17-12-15(20)2-3-18(17)22)6-8-21(9-7-19)16-4-10-24-11-5-16/h2-3,12,16H,4-11,13H2,1H3. The van der Waals surface area contributed by atoms with Crippen LogP contribution in [0.1, 0.15) is 38.2 Å². The van der Waals surface area contributed by atoms with E-state index in [0.717, 1.165) is 49.8 Å². The summed E-state index contributed by atoms with van der Waals surface area (Å²) in [4.78, 5) is 16.5. The second kappa shape index (κ2) is 6.34. The van der Waals surface area contributed by atoms with Gasteiger partial charge in [0.2, 0.25) is 5.91 Å². The van der Waals surface area contributed by atoms with Crippen molar-refractivity contribution in [2.45, 2.75) is 44.1 Å². The summed E-state index contributed by atoms with van der Waals surface area (Å²) < 4.78 is 13.9. The van der Waals surface area contributed by atoms with Crippen LogP contribution >= 0.6 is 11.8 Å². The lowest BCUT2D eigenvalue weighted by Gasteiger charge is -2.44. The Kier molecular flexibility index (Phi) is 4.33. The zero-order chi connectivity index (χ0) is 16.7. The molecule has 3 nitrogen and oxygen atoms in total. The van der Waals surface area contributed by atoms with Crippen LogP contribution in [-0.2, 0) is 10.2 Å². The number of rotatable bonds is 1. The van der Waals surface area contributed by atoms with Crippen molar-refractivity contribution >= 4 is 23.4 Å². The predicted octanol–water partition coefficient (Wildman–Crippen LogP) is 3.42.